The van der Waals surface area contributed by atoms with Crippen molar-refractivity contribution < 1.29 is 9.59 Å². The van der Waals surface area contributed by atoms with E-state index in [-0.39, 0.29) is 11.8 Å². The molecule has 0 bridgehead atoms. The van der Waals surface area contributed by atoms with Gasteiger partial charge < -0.3 is 19.8 Å². The molecule has 3 aromatic rings. The zero-order chi connectivity index (χ0) is 18.8. The highest BCUT2D eigenvalue weighted by Gasteiger charge is 2.25. The number of piperazine rings is 1. The number of nitrogens with zero attached hydrogens (tertiary/aromatic N) is 3. The summed E-state index contributed by atoms with van der Waals surface area (Å²) >= 11 is 0. The van der Waals surface area contributed by atoms with Crippen molar-refractivity contribution in [3.63, 3.8) is 0 Å². The highest BCUT2D eigenvalue weighted by molar-refractivity contribution is 5.92. The van der Waals surface area contributed by atoms with Crippen molar-refractivity contribution in [1.29, 1.82) is 0 Å². The molecule has 0 atom stereocenters. The van der Waals surface area contributed by atoms with Gasteiger partial charge in [0.15, 0.2) is 0 Å². The van der Waals surface area contributed by atoms with E-state index in [0.29, 0.717) is 38.3 Å². The Morgan fingerprint density at radius 1 is 1.11 bits per heavy atom. The van der Waals surface area contributed by atoms with Crippen LogP contribution >= 0.6 is 0 Å². The van der Waals surface area contributed by atoms with Crippen LogP contribution < -0.4 is 0 Å². The standard InChI is InChI=1S/C20H23N5O2/c1-2-18-22-15-6-5-14(12-17(15)23-18)13-19(26)24-8-10-25(11-9-24)20(27)16-4-3-7-21-16/h3-7,12,21H,2,8-11,13H2,1H3,(H,22,23). The van der Waals surface area contributed by atoms with Crippen LogP contribution in [0.25, 0.3) is 11.0 Å². The van der Waals surface area contributed by atoms with Crippen molar-refractivity contribution in [1.82, 2.24) is 24.8 Å². The second kappa shape index (κ2) is 7.26. The highest BCUT2D eigenvalue weighted by Crippen LogP contribution is 2.16. The third kappa shape index (κ3) is 3.58. The molecular weight excluding hydrogens is 342 g/mol. The van der Waals surface area contributed by atoms with Crippen molar-refractivity contribution >= 4 is 22.8 Å². The number of imidazole rings is 1. The Hall–Kier alpha value is -3.09. The van der Waals surface area contributed by atoms with E-state index >= 15 is 0 Å². The fourth-order valence-corrected chi connectivity index (χ4v) is 3.47. The van der Waals surface area contributed by atoms with E-state index in [0.717, 1.165) is 28.8 Å². The van der Waals surface area contributed by atoms with Crippen LogP contribution in [0.2, 0.25) is 0 Å². The van der Waals surface area contributed by atoms with E-state index in [1.807, 2.05) is 29.2 Å². The van der Waals surface area contributed by atoms with Crippen LogP contribution in [-0.4, -0.2) is 62.7 Å². The molecule has 7 nitrogen and oxygen atoms in total. The third-order valence-electron chi connectivity index (χ3n) is 5.03. The van der Waals surface area contributed by atoms with Gasteiger partial charge in [0.05, 0.1) is 17.5 Å². The number of hydrogen-bond acceptors (Lipinski definition) is 3. The molecule has 1 aromatic carbocycles. The summed E-state index contributed by atoms with van der Waals surface area (Å²) in [4.78, 5) is 39.4. The second-order valence-corrected chi connectivity index (χ2v) is 6.82. The number of nitrogens with one attached hydrogen (secondary N) is 2. The Morgan fingerprint density at radius 3 is 2.59 bits per heavy atom. The van der Waals surface area contributed by atoms with Gasteiger partial charge in [-0.3, -0.25) is 9.59 Å². The molecule has 0 radical (unpaired) electrons. The summed E-state index contributed by atoms with van der Waals surface area (Å²) in [6.07, 6.45) is 2.96. The number of rotatable bonds is 4. The predicted molar refractivity (Wildman–Crippen MR) is 102 cm³/mol. The summed E-state index contributed by atoms with van der Waals surface area (Å²) in [6, 6.07) is 9.51. The van der Waals surface area contributed by atoms with Crippen LogP contribution in [0.3, 0.4) is 0 Å². The van der Waals surface area contributed by atoms with Crippen LogP contribution in [0, 0.1) is 0 Å². The molecule has 1 aliphatic heterocycles. The molecule has 2 aromatic heterocycles. The lowest BCUT2D eigenvalue weighted by Crippen LogP contribution is -2.51. The van der Waals surface area contributed by atoms with Gasteiger partial charge in [-0.25, -0.2) is 4.98 Å². The van der Waals surface area contributed by atoms with Crippen molar-refractivity contribution in [3.8, 4) is 0 Å². The predicted octanol–water partition coefficient (Wildman–Crippen LogP) is 1.98. The Kier molecular flexibility index (Phi) is 4.66. The van der Waals surface area contributed by atoms with Gasteiger partial charge in [-0.05, 0) is 29.8 Å². The fourth-order valence-electron chi connectivity index (χ4n) is 3.47. The average Bonchev–Trinajstić information content (AvgIpc) is 3.36. The first-order valence-corrected chi connectivity index (χ1v) is 9.32. The first kappa shape index (κ1) is 17.3. The maximum atomic E-state index is 12.7. The van der Waals surface area contributed by atoms with E-state index in [1.165, 1.54) is 0 Å². The van der Waals surface area contributed by atoms with E-state index < -0.39 is 0 Å². The normalized spacial score (nSPS) is 14.7. The molecule has 2 N–H and O–H groups in total. The number of aryl methyl sites for hydroxylation is 1. The number of amides is 2. The molecule has 0 saturated carbocycles. The van der Waals surface area contributed by atoms with E-state index in [1.54, 1.807) is 17.2 Å². The molecule has 1 fully saturated rings. The van der Waals surface area contributed by atoms with Crippen LogP contribution in [0.4, 0.5) is 0 Å². The molecule has 140 valence electrons. The lowest BCUT2D eigenvalue weighted by atomic mass is 10.1. The molecule has 3 heterocycles. The molecule has 4 rings (SSSR count). The van der Waals surface area contributed by atoms with E-state index in [4.69, 9.17) is 0 Å². The molecular formula is C20H23N5O2. The highest BCUT2D eigenvalue weighted by atomic mass is 16.2. The maximum absolute atomic E-state index is 12.7. The minimum atomic E-state index is -0.0106. The van der Waals surface area contributed by atoms with Crippen molar-refractivity contribution in [2.24, 2.45) is 0 Å². The van der Waals surface area contributed by atoms with E-state index in [9.17, 15) is 9.59 Å². The van der Waals surface area contributed by atoms with Gasteiger partial charge in [0.1, 0.15) is 11.5 Å². The summed E-state index contributed by atoms with van der Waals surface area (Å²) < 4.78 is 0. The number of hydrogen-bond donors (Lipinski definition) is 2. The molecule has 0 spiro atoms. The number of aromatic amines is 2. The molecule has 2 amide bonds. The lowest BCUT2D eigenvalue weighted by molar-refractivity contribution is -0.131. The quantitative estimate of drug-likeness (QED) is 0.741. The van der Waals surface area contributed by atoms with Gasteiger partial charge in [-0.2, -0.15) is 0 Å². The fraction of sp³-hybridized carbons (Fsp3) is 0.350. The minimum Gasteiger partial charge on any atom is -0.357 e. The van der Waals surface area contributed by atoms with Crippen molar-refractivity contribution in [2.45, 2.75) is 19.8 Å². The molecule has 1 aliphatic rings. The number of H-pyrrole nitrogens is 2. The number of aromatic nitrogens is 3. The van der Waals surface area contributed by atoms with Crippen LogP contribution in [-0.2, 0) is 17.6 Å². The summed E-state index contributed by atoms with van der Waals surface area (Å²) in [5.74, 6) is 1.04. The number of carbonyl (C=O) groups is 2. The molecule has 1 saturated heterocycles. The monoisotopic (exact) mass is 365 g/mol. The Morgan fingerprint density at radius 2 is 1.89 bits per heavy atom. The van der Waals surface area contributed by atoms with Gasteiger partial charge in [0.2, 0.25) is 5.91 Å². The van der Waals surface area contributed by atoms with Crippen molar-refractivity contribution in [2.75, 3.05) is 26.2 Å². The van der Waals surface area contributed by atoms with Crippen LogP contribution in [0.1, 0.15) is 28.8 Å². The first-order chi connectivity index (χ1) is 13.1. The third-order valence-corrected chi connectivity index (χ3v) is 5.03. The number of fused-ring (bicyclic) bond motifs is 1. The summed E-state index contributed by atoms with van der Waals surface area (Å²) in [7, 11) is 0. The topological polar surface area (TPSA) is 85.1 Å². The van der Waals surface area contributed by atoms with E-state index in [2.05, 4.69) is 21.9 Å². The molecule has 7 heteroatoms. The van der Waals surface area contributed by atoms with Crippen molar-refractivity contribution in [3.05, 3.63) is 53.6 Å². The van der Waals surface area contributed by atoms with Gasteiger partial charge in [-0.15, -0.1) is 0 Å². The Labute approximate surface area is 157 Å². The molecule has 0 unspecified atom stereocenters. The second-order valence-electron chi connectivity index (χ2n) is 6.82. The number of carbonyl (C=O) groups excluding carboxylic acids is 2. The smallest absolute Gasteiger partial charge is 0.270 e. The van der Waals surface area contributed by atoms with Gasteiger partial charge in [-0.1, -0.05) is 13.0 Å². The number of benzene rings is 1. The van der Waals surface area contributed by atoms with Crippen LogP contribution in [0.15, 0.2) is 36.5 Å². The molecule has 0 aliphatic carbocycles. The lowest BCUT2D eigenvalue weighted by Gasteiger charge is -2.34. The van der Waals surface area contributed by atoms with Gasteiger partial charge in [0, 0.05) is 38.8 Å². The zero-order valence-corrected chi connectivity index (χ0v) is 15.4. The Balaban J connectivity index is 1.36. The minimum absolute atomic E-state index is 0.0106. The molecule has 27 heavy (non-hydrogen) atoms. The summed E-state index contributed by atoms with van der Waals surface area (Å²) in [5, 5.41) is 0. The van der Waals surface area contributed by atoms with Gasteiger partial charge in [0.25, 0.3) is 5.91 Å². The Bertz CT molecular complexity index is 952. The maximum Gasteiger partial charge on any atom is 0.270 e. The average molecular weight is 365 g/mol. The SMILES string of the molecule is CCc1nc2ccc(CC(=O)N3CCN(C(=O)c4ccc[nH]4)CC3)cc2[nH]1. The first-order valence-electron chi connectivity index (χ1n) is 9.32. The summed E-state index contributed by atoms with van der Waals surface area (Å²) in [5.41, 5.74) is 3.47. The van der Waals surface area contributed by atoms with Gasteiger partial charge >= 0.3 is 0 Å². The zero-order valence-electron chi connectivity index (χ0n) is 15.4. The summed E-state index contributed by atoms with van der Waals surface area (Å²) in [6.45, 7) is 4.31. The largest absolute Gasteiger partial charge is 0.357 e. The van der Waals surface area contributed by atoms with Crippen LogP contribution in [0.5, 0.6) is 0 Å².